The fourth-order valence-corrected chi connectivity index (χ4v) is 4.48. The number of rotatable bonds is 5. The van der Waals surface area contributed by atoms with Gasteiger partial charge in [0.1, 0.15) is 11.6 Å². The van der Waals surface area contributed by atoms with Gasteiger partial charge in [0.2, 0.25) is 0 Å². The Morgan fingerprint density at radius 1 is 1.00 bits per heavy atom. The number of carbonyl (C=O) groups excluding carboxylic acids is 2. The van der Waals surface area contributed by atoms with Crippen LogP contribution in [0.25, 0.3) is 0 Å². The van der Waals surface area contributed by atoms with Gasteiger partial charge in [-0.25, -0.2) is 13.6 Å². The summed E-state index contributed by atoms with van der Waals surface area (Å²) in [7, 11) is 0. The average molecular weight is 473 g/mol. The molecule has 2 fully saturated rings. The number of nitrogens with zero attached hydrogens (tertiary/aromatic N) is 2. The number of nitrogens with one attached hydrogen (secondary N) is 1. The second-order valence-electron chi connectivity index (χ2n) is 8.89. The van der Waals surface area contributed by atoms with Crippen molar-refractivity contribution >= 4 is 17.6 Å². The van der Waals surface area contributed by atoms with Gasteiger partial charge in [0.05, 0.1) is 13.2 Å². The molecule has 0 spiro atoms. The van der Waals surface area contributed by atoms with Gasteiger partial charge in [-0.3, -0.25) is 4.79 Å². The topological polar surface area (TPSA) is 87.9 Å². The summed E-state index contributed by atoms with van der Waals surface area (Å²) in [5.41, 5.74) is 7.53. The first-order valence-electron chi connectivity index (χ1n) is 11.6. The van der Waals surface area contributed by atoms with E-state index in [2.05, 4.69) is 5.32 Å². The zero-order valence-corrected chi connectivity index (χ0v) is 19.0. The maximum atomic E-state index is 13.8. The van der Waals surface area contributed by atoms with Crippen molar-refractivity contribution in [3.63, 3.8) is 0 Å². The molecule has 3 amide bonds. The molecule has 3 N–H and O–H groups in total. The third-order valence-electron chi connectivity index (χ3n) is 6.41. The minimum absolute atomic E-state index is 0.0123. The van der Waals surface area contributed by atoms with Gasteiger partial charge in [0, 0.05) is 49.0 Å². The smallest absolute Gasteiger partial charge is 0.321 e. The van der Waals surface area contributed by atoms with Crippen molar-refractivity contribution in [1.29, 1.82) is 0 Å². The number of halogens is 2. The molecule has 1 aliphatic heterocycles. The third kappa shape index (κ3) is 6.09. The molecule has 182 valence electrons. The lowest BCUT2D eigenvalue weighted by atomic mass is 9.90. The van der Waals surface area contributed by atoms with E-state index in [1.54, 1.807) is 21.9 Å². The van der Waals surface area contributed by atoms with Gasteiger partial charge in [-0.15, -0.1) is 0 Å². The SMILES string of the molecule is NC1CCC(N(Cc2ccc(NC(=O)N3CCOCC3)cc2)C(=O)c2cc(F)cc(F)c2)CC1. The largest absolute Gasteiger partial charge is 0.378 e. The van der Waals surface area contributed by atoms with Crippen LogP contribution in [0.1, 0.15) is 41.6 Å². The van der Waals surface area contributed by atoms with Gasteiger partial charge in [0.25, 0.3) is 5.91 Å². The van der Waals surface area contributed by atoms with Crippen LogP contribution >= 0.6 is 0 Å². The maximum absolute atomic E-state index is 13.8. The molecule has 0 atom stereocenters. The summed E-state index contributed by atoms with van der Waals surface area (Å²) in [6, 6.07) is 10.0. The van der Waals surface area contributed by atoms with Crippen LogP contribution in [-0.2, 0) is 11.3 Å². The Balaban J connectivity index is 1.48. The molecule has 0 aromatic heterocycles. The van der Waals surface area contributed by atoms with Crippen LogP contribution in [-0.4, -0.2) is 60.1 Å². The molecule has 2 aromatic carbocycles. The lowest BCUT2D eigenvalue weighted by molar-refractivity contribution is 0.0564. The molecule has 0 bridgehead atoms. The first kappa shape index (κ1) is 24.1. The Morgan fingerprint density at radius 3 is 2.24 bits per heavy atom. The molecule has 9 heteroatoms. The number of amides is 3. The summed E-state index contributed by atoms with van der Waals surface area (Å²) in [6.07, 6.45) is 3.05. The van der Waals surface area contributed by atoms with Crippen LogP contribution in [0.2, 0.25) is 0 Å². The number of nitrogens with two attached hydrogens (primary N) is 1. The Hall–Kier alpha value is -3.04. The van der Waals surface area contributed by atoms with E-state index >= 15 is 0 Å². The molecule has 1 saturated heterocycles. The molecule has 0 radical (unpaired) electrons. The van der Waals surface area contributed by atoms with Gasteiger partial charge >= 0.3 is 6.03 Å². The van der Waals surface area contributed by atoms with Crippen LogP contribution in [0, 0.1) is 11.6 Å². The Morgan fingerprint density at radius 2 is 1.62 bits per heavy atom. The molecule has 4 rings (SSSR count). The minimum Gasteiger partial charge on any atom is -0.378 e. The fraction of sp³-hybridized carbons (Fsp3) is 0.440. The minimum atomic E-state index is -0.783. The van der Waals surface area contributed by atoms with Gasteiger partial charge in [-0.1, -0.05) is 12.1 Å². The number of morpholine rings is 1. The zero-order chi connectivity index (χ0) is 24.1. The van der Waals surface area contributed by atoms with E-state index in [4.69, 9.17) is 10.5 Å². The molecule has 1 heterocycles. The highest BCUT2D eigenvalue weighted by molar-refractivity contribution is 5.94. The average Bonchev–Trinajstić information content (AvgIpc) is 2.84. The van der Waals surface area contributed by atoms with E-state index in [9.17, 15) is 18.4 Å². The number of ether oxygens (including phenoxy) is 1. The third-order valence-corrected chi connectivity index (χ3v) is 6.41. The summed E-state index contributed by atoms with van der Waals surface area (Å²) in [5, 5.41) is 2.88. The lowest BCUT2D eigenvalue weighted by Crippen LogP contribution is -2.44. The van der Waals surface area contributed by atoms with Gasteiger partial charge in [-0.2, -0.15) is 0 Å². The van der Waals surface area contributed by atoms with E-state index in [-0.39, 0.29) is 30.2 Å². The molecule has 1 aliphatic carbocycles. The van der Waals surface area contributed by atoms with Crippen LogP contribution in [0.5, 0.6) is 0 Å². The van der Waals surface area contributed by atoms with Crippen molar-refractivity contribution < 1.29 is 23.1 Å². The Labute approximate surface area is 197 Å². The number of benzene rings is 2. The zero-order valence-electron chi connectivity index (χ0n) is 19.0. The summed E-state index contributed by atoms with van der Waals surface area (Å²) >= 11 is 0. The number of carbonyl (C=O) groups is 2. The van der Waals surface area contributed by atoms with Gasteiger partial charge < -0.3 is 25.6 Å². The van der Waals surface area contributed by atoms with E-state index in [1.165, 1.54) is 0 Å². The number of hydrogen-bond donors (Lipinski definition) is 2. The molecule has 2 aromatic rings. The summed E-state index contributed by atoms with van der Waals surface area (Å²) < 4.78 is 32.8. The van der Waals surface area contributed by atoms with E-state index in [0.717, 1.165) is 49.4 Å². The van der Waals surface area contributed by atoms with Crippen LogP contribution in [0.4, 0.5) is 19.3 Å². The highest BCUT2D eigenvalue weighted by Gasteiger charge is 2.29. The molecule has 2 aliphatic rings. The monoisotopic (exact) mass is 472 g/mol. The van der Waals surface area contributed by atoms with E-state index in [1.807, 2.05) is 12.1 Å². The summed E-state index contributed by atoms with van der Waals surface area (Å²) in [6.45, 7) is 2.43. The lowest BCUT2D eigenvalue weighted by Gasteiger charge is -2.36. The standard InChI is InChI=1S/C25H30F2N4O3/c26-19-13-18(14-20(27)15-19)24(32)31(23-7-3-21(28)4-8-23)16-17-1-5-22(6-2-17)29-25(33)30-9-11-34-12-10-30/h1-2,5-6,13-15,21,23H,3-4,7-12,16,28H2,(H,29,33). The second kappa shape index (κ2) is 10.9. The molecule has 0 unspecified atom stereocenters. The van der Waals surface area contributed by atoms with Crippen LogP contribution in [0.15, 0.2) is 42.5 Å². The fourth-order valence-electron chi connectivity index (χ4n) is 4.48. The Kier molecular flexibility index (Phi) is 7.74. The quantitative estimate of drug-likeness (QED) is 0.694. The van der Waals surface area contributed by atoms with E-state index in [0.29, 0.717) is 32.0 Å². The number of hydrogen-bond acceptors (Lipinski definition) is 4. The molecule has 34 heavy (non-hydrogen) atoms. The number of urea groups is 1. The van der Waals surface area contributed by atoms with Gasteiger partial charge in [0.15, 0.2) is 0 Å². The van der Waals surface area contributed by atoms with Crippen molar-refractivity contribution in [3.05, 3.63) is 65.2 Å². The molecule has 7 nitrogen and oxygen atoms in total. The van der Waals surface area contributed by atoms with Crippen LogP contribution in [0.3, 0.4) is 0 Å². The highest BCUT2D eigenvalue weighted by atomic mass is 19.1. The normalized spacial score (nSPS) is 20.6. The molecular formula is C25H30F2N4O3. The van der Waals surface area contributed by atoms with Crippen molar-refractivity contribution in [3.8, 4) is 0 Å². The first-order valence-corrected chi connectivity index (χ1v) is 11.6. The highest BCUT2D eigenvalue weighted by Crippen LogP contribution is 2.26. The van der Waals surface area contributed by atoms with Crippen molar-refractivity contribution in [2.45, 2.75) is 44.3 Å². The summed E-state index contributed by atoms with van der Waals surface area (Å²) in [4.78, 5) is 29.1. The number of anilines is 1. The summed E-state index contributed by atoms with van der Waals surface area (Å²) in [5.74, 6) is -1.98. The second-order valence-corrected chi connectivity index (χ2v) is 8.89. The van der Waals surface area contributed by atoms with E-state index < -0.39 is 17.5 Å². The maximum Gasteiger partial charge on any atom is 0.321 e. The van der Waals surface area contributed by atoms with Crippen molar-refractivity contribution in [2.24, 2.45) is 5.73 Å². The Bertz CT molecular complexity index is 983. The molecule has 1 saturated carbocycles. The predicted octanol–water partition coefficient (Wildman–Crippen LogP) is 3.74. The van der Waals surface area contributed by atoms with Crippen molar-refractivity contribution in [1.82, 2.24) is 9.80 Å². The molecular weight excluding hydrogens is 442 g/mol. The van der Waals surface area contributed by atoms with Gasteiger partial charge in [-0.05, 0) is 55.5 Å². The van der Waals surface area contributed by atoms with Crippen LogP contribution < -0.4 is 11.1 Å². The predicted molar refractivity (Wildman–Crippen MR) is 124 cm³/mol. The van der Waals surface area contributed by atoms with Crippen molar-refractivity contribution in [2.75, 3.05) is 31.6 Å². The first-order chi connectivity index (χ1) is 16.4.